The van der Waals surface area contributed by atoms with Crippen LogP contribution in [0.15, 0.2) is 24.3 Å². The van der Waals surface area contributed by atoms with E-state index in [0.717, 1.165) is 25.2 Å². The summed E-state index contributed by atoms with van der Waals surface area (Å²) in [4.78, 5) is 4.97. The predicted molar refractivity (Wildman–Crippen MR) is 84.5 cm³/mol. The van der Waals surface area contributed by atoms with Gasteiger partial charge < -0.3 is 14.5 Å². The minimum Gasteiger partial charge on any atom is -0.493 e. The molecule has 2 rings (SSSR count). The zero-order chi connectivity index (χ0) is 14.2. The molecule has 1 saturated heterocycles. The second-order valence-electron chi connectivity index (χ2n) is 5.66. The van der Waals surface area contributed by atoms with E-state index in [2.05, 4.69) is 48.0 Å². The first kappa shape index (κ1) is 15.3. The molecule has 1 aliphatic rings. The molecule has 1 fully saturated rings. The first-order valence-electron chi connectivity index (χ1n) is 7.91. The van der Waals surface area contributed by atoms with Crippen molar-refractivity contribution in [3.63, 3.8) is 0 Å². The maximum absolute atomic E-state index is 5.91. The number of rotatable bonds is 7. The number of unbranched alkanes of at least 4 members (excludes halogenated alkanes) is 1. The van der Waals surface area contributed by atoms with Crippen LogP contribution in [0.5, 0.6) is 5.75 Å². The molecular formula is C17H28N2O. The van der Waals surface area contributed by atoms with Crippen molar-refractivity contribution in [3.05, 3.63) is 29.8 Å². The van der Waals surface area contributed by atoms with E-state index >= 15 is 0 Å². The number of ether oxygens (including phenoxy) is 1. The Morgan fingerprint density at radius 2 is 1.80 bits per heavy atom. The van der Waals surface area contributed by atoms with Gasteiger partial charge in [0, 0.05) is 26.2 Å². The topological polar surface area (TPSA) is 15.7 Å². The SMILES string of the molecule is CCc1ccccc1OCCCCN1CCN(C)CC1. The number of likely N-dealkylation sites (N-methyl/N-ethyl adjacent to an activating group) is 1. The van der Waals surface area contributed by atoms with Crippen LogP contribution in [0.2, 0.25) is 0 Å². The molecule has 0 radical (unpaired) electrons. The van der Waals surface area contributed by atoms with Crippen LogP contribution in [-0.4, -0.2) is 56.2 Å². The van der Waals surface area contributed by atoms with Crippen molar-refractivity contribution >= 4 is 0 Å². The number of piperazine rings is 1. The lowest BCUT2D eigenvalue weighted by Gasteiger charge is -2.32. The van der Waals surface area contributed by atoms with Gasteiger partial charge in [0.05, 0.1) is 6.61 Å². The van der Waals surface area contributed by atoms with Crippen molar-refractivity contribution in [1.29, 1.82) is 0 Å². The third kappa shape index (κ3) is 4.80. The fourth-order valence-corrected chi connectivity index (χ4v) is 2.63. The highest BCUT2D eigenvalue weighted by atomic mass is 16.5. The van der Waals surface area contributed by atoms with Crippen molar-refractivity contribution in [2.24, 2.45) is 0 Å². The zero-order valence-electron chi connectivity index (χ0n) is 13.0. The molecule has 0 unspecified atom stereocenters. The summed E-state index contributed by atoms with van der Waals surface area (Å²) in [5, 5.41) is 0. The molecule has 0 saturated carbocycles. The van der Waals surface area contributed by atoms with E-state index in [0.29, 0.717) is 0 Å². The Hall–Kier alpha value is -1.06. The minimum atomic E-state index is 0.838. The zero-order valence-corrected chi connectivity index (χ0v) is 13.0. The molecule has 0 spiro atoms. The summed E-state index contributed by atoms with van der Waals surface area (Å²) in [6.07, 6.45) is 3.42. The molecule has 1 aromatic rings. The number of aryl methyl sites for hydroxylation is 1. The van der Waals surface area contributed by atoms with Crippen LogP contribution in [0.25, 0.3) is 0 Å². The van der Waals surface area contributed by atoms with Gasteiger partial charge in [-0.05, 0) is 44.5 Å². The summed E-state index contributed by atoms with van der Waals surface area (Å²) in [6, 6.07) is 8.37. The molecule has 3 heteroatoms. The molecule has 0 aromatic heterocycles. The van der Waals surface area contributed by atoms with Crippen molar-refractivity contribution in [2.45, 2.75) is 26.2 Å². The molecule has 1 heterocycles. The maximum Gasteiger partial charge on any atom is 0.122 e. The Kier molecular flexibility index (Phi) is 6.34. The second-order valence-corrected chi connectivity index (χ2v) is 5.66. The monoisotopic (exact) mass is 276 g/mol. The smallest absolute Gasteiger partial charge is 0.122 e. The third-order valence-corrected chi connectivity index (χ3v) is 4.08. The fraction of sp³-hybridized carbons (Fsp3) is 0.647. The molecule has 1 aliphatic heterocycles. The van der Waals surface area contributed by atoms with Crippen molar-refractivity contribution in [1.82, 2.24) is 9.80 Å². The Morgan fingerprint density at radius 3 is 2.55 bits per heavy atom. The van der Waals surface area contributed by atoms with Crippen molar-refractivity contribution in [2.75, 3.05) is 46.4 Å². The lowest BCUT2D eigenvalue weighted by atomic mass is 10.1. The van der Waals surface area contributed by atoms with Gasteiger partial charge in [0.2, 0.25) is 0 Å². The molecule has 1 aromatic carbocycles. The van der Waals surface area contributed by atoms with E-state index in [1.807, 2.05) is 0 Å². The van der Waals surface area contributed by atoms with Gasteiger partial charge in [-0.3, -0.25) is 0 Å². The molecule has 0 N–H and O–H groups in total. The summed E-state index contributed by atoms with van der Waals surface area (Å²) in [6.45, 7) is 9.08. The van der Waals surface area contributed by atoms with Crippen molar-refractivity contribution in [3.8, 4) is 5.75 Å². The van der Waals surface area contributed by atoms with Gasteiger partial charge in [0.25, 0.3) is 0 Å². The van der Waals surface area contributed by atoms with Gasteiger partial charge in [-0.2, -0.15) is 0 Å². The molecule has 20 heavy (non-hydrogen) atoms. The molecule has 0 atom stereocenters. The predicted octanol–water partition coefficient (Wildman–Crippen LogP) is 2.66. The standard InChI is InChI=1S/C17H28N2O/c1-3-16-8-4-5-9-17(16)20-15-7-6-10-19-13-11-18(2)12-14-19/h4-5,8-9H,3,6-7,10-15H2,1-2H3. The first-order chi connectivity index (χ1) is 9.79. The number of hydrogen-bond donors (Lipinski definition) is 0. The number of nitrogens with zero attached hydrogens (tertiary/aromatic N) is 2. The number of hydrogen-bond acceptors (Lipinski definition) is 3. The molecule has 112 valence electrons. The summed E-state index contributed by atoms with van der Waals surface area (Å²) in [7, 11) is 2.20. The Balaban J connectivity index is 1.59. The highest BCUT2D eigenvalue weighted by Crippen LogP contribution is 2.18. The highest BCUT2D eigenvalue weighted by molar-refractivity contribution is 5.33. The molecule has 0 bridgehead atoms. The Labute approximate surface area is 123 Å². The number of para-hydroxylation sites is 1. The molecule has 3 nitrogen and oxygen atoms in total. The minimum absolute atomic E-state index is 0.838. The van der Waals surface area contributed by atoms with Crippen LogP contribution in [0.1, 0.15) is 25.3 Å². The lowest BCUT2D eigenvalue weighted by molar-refractivity contribution is 0.150. The summed E-state index contributed by atoms with van der Waals surface area (Å²) in [5.74, 6) is 1.06. The Bertz CT molecular complexity index is 386. The summed E-state index contributed by atoms with van der Waals surface area (Å²) in [5.41, 5.74) is 1.31. The third-order valence-electron chi connectivity index (χ3n) is 4.08. The van der Waals surface area contributed by atoms with Gasteiger partial charge in [-0.25, -0.2) is 0 Å². The molecular weight excluding hydrogens is 248 g/mol. The van der Waals surface area contributed by atoms with E-state index < -0.39 is 0 Å². The van der Waals surface area contributed by atoms with Crippen LogP contribution in [-0.2, 0) is 6.42 Å². The van der Waals surface area contributed by atoms with E-state index in [-0.39, 0.29) is 0 Å². The van der Waals surface area contributed by atoms with Gasteiger partial charge in [0.15, 0.2) is 0 Å². The highest BCUT2D eigenvalue weighted by Gasteiger charge is 2.12. The van der Waals surface area contributed by atoms with Gasteiger partial charge in [-0.15, -0.1) is 0 Å². The lowest BCUT2D eigenvalue weighted by Crippen LogP contribution is -2.44. The van der Waals surface area contributed by atoms with E-state index in [1.165, 1.54) is 44.7 Å². The van der Waals surface area contributed by atoms with E-state index in [4.69, 9.17) is 4.74 Å². The molecule has 0 aliphatic carbocycles. The maximum atomic E-state index is 5.91. The van der Waals surface area contributed by atoms with Crippen LogP contribution < -0.4 is 4.74 Å². The first-order valence-corrected chi connectivity index (χ1v) is 7.91. The van der Waals surface area contributed by atoms with Crippen LogP contribution >= 0.6 is 0 Å². The van der Waals surface area contributed by atoms with E-state index in [1.54, 1.807) is 0 Å². The van der Waals surface area contributed by atoms with Gasteiger partial charge in [0.1, 0.15) is 5.75 Å². The van der Waals surface area contributed by atoms with Crippen LogP contribution in [0.3, 0.4) is 0 Å². The fourth-order valence-electron chi connectivity index (χ4n) is 2.63. The quantitative estimate of drug-likeness (QED) is 0.712. The van der Waals surface area contributed by atoms with E-state index in [9.17, 15) is 0 Å². The van der Waals surface area contributed by atoms with Crippen LogP contribution in [0.4, 0.5) is 0 Å². The van der Waals surface area contributed by atoms with Crippen molar-refractivity contribution < 1.29 is 4.74 Å². The average Bonchev–Trinajstić information content (AvgIpc) is 2.49. The molecule has 0 amide bonds. The summed E-state index contributed by atoms with van der Waals surface area (Å²) >= 11 is 0. The largest absolute Gasteiger partial charge is 0.493 e. The van der Waals surface area contributed by atoms with Crippen LogP contribution in [0, 0.1) is 0 Å². The number of benzene rings is 1. The normalized spacial score (nSPS) is 17.3. The second kappa shape index (κ2) is 8.28. The summed E-state index contributed by atoms with van der Waals surface area (Å²) < 4.78 is 5.91. The average molecular weight is 276 g/mol. The van der Waals surface area contributed by atoms with Gasteiger partial charge in [-0.1, -0.05) is 25.1 Å². The van der Waals surface area contributed by atoms with Gasteiger partial charge >= 0.3 is 0 Å². The Morgan fingerprint density at radius 1 is 1.05 bits per heavy atom.